The molecule has 0 aliphatic heterocycles. The Morgan fingerprint density at radius 3 is 2.41 bits per heavy atom. The van der Waals surface area contributed by atoms with Gasteiger partial charge < -0.3 is 24.6 Å². The van der Waals surface area contributed by atoms with E-state index in [1.54, 1.807) is 13.2 Å². The molecule has 0 fully saturated rings. The van der Waals surface area contributed by atoms with Crippen molar-refractivity contribution in [1.82, 2.24) is 5.32 Å². The van der Waals surface area contributed by atoms with Crippen LogP contribution in [0.15, 0.2) is 27.5 Å². The van der Waals surface area contributed by atoms with Crippen LogP contribution < -0.4 is 25.0 Å². The number of ether oxygens (including phenoxy) is 3. The lowest BCUT2D eigenvalue weighted by atomic mass is 9.95. The van der Waals surface area contributed by atoms with Crippen molar-refractivity contribution in [3.8, 4) is 34.1 Å². The molecule has 2 N–H and O–H groups in total. The van der Waals surface area contributed by atoms with E-state index in [0.717, 1.165) is 11.1 Å². The second-order valence-corrected chi connectivity index (χ2v) is 7.54. The third-order valence-corrected chi connectivity index (χ3v) is 5.57. The van der Waals surface area contributed by atoms with E-state index in [1.807, 2.05) is 6.07 Å². The second-order valence-electron chi connectivity index (χ2n) is 6.69. The van der Waals surface area contributed by atoms with Gasteiger partial charge >= 0.3 is 0 Å². The van der Waals surface area contributed by atoms with E-state index in [4.69, 9.17) is 14.2 Å². The molecule has 0 saturated carbocycles. The predicted octanol–water partition coefficient (Wildman–Crippen LogP) is 3.33. The number of nitrogens with one attached hydrogen (secondary N) is 1. The van der Waals surface area contributed by atoms with Crippen molar-refractivity contribution < 1.29 is 24.1 Å². The minimum Gasteiger partial charge on any atom is -0.503 e. The van der Waals surface area contributed by atoms with Crippen LogP contribution in [0.3, 0.4) is 0 Å². The lowest BCUT2D eigenvalue weighted by Crippen LogP contribution is -2.26. The summed E-state index contributed by atoms with van der Waals surface area (Å²) in [6.45, 7) is 1.43. The van der Waals surface area contributed by atoms with Gasteiger partial charge in [-0.3, -0.25) is 9.59 Å². The fraction of sp³-hybridized carbons (Fsp3) is 0.333. The molecule has 154 valence electrons. The Labute approximate surface area is 176 Å². The second kappa shape index (κ2) is 8.32. The fourth-order valence-corrected chi connectivity index (χ4v) is 4.16. The van der Waals surface area contributed by atoms with Gasteiger partial charge in [0.15, 0.2) is 17.2 Å². The Kier molecular flexibility index (Phi) is 6.02. The number of aromatic hydroxyl groups is 1. The minimum absolute atomic E-state index is 0.212. The molecule has 0 saturated heterocycles. The highest BCUT2D eigenvalue weighted by Gasteiger charge is 2.29. The topological polar surface area (TPSA) is 94.1 Å². The normalized spacial score (nSPS) is 14.9. The van der Waals surface area contributed by atoms with Crippen molar-refractivity contribution in [1.29, 1.82) is 0 Å². The average Bonchev–Trinajstić information content (AvgIpc) is 2.89. The summed E-state index contributed by atoms with van der Waals surface area (Å²) in [4.78, 5) is 24.3. The molecule has 1 amide bonds. The number of halogens is 1. The zero-order valence-corrected chi connectivity index (χ0v) is 18.2. The minimum atomic E-state index is -0.545. The Bertz CT molecular complexity index is 1040. The van der Waals surface area contributed by atoms with Gasteiger partial charge in [-0.25, -0.2) is 0 Å². The lowest BCUT2D eigenvalue weighted by Gasteiger charge is -2.19. The van der Waals surface area contributed by atoms with E-state index < -0.39 is 17.2 Å². The van der Waals surface area contributed by atoms with Crippen molar-refractivity contribution >= 4 is 21.8 Å². The largest absolute Gasteiger partial charge is 0.503 e. The maximum Gasteiger partial charge on any atom is 0.221 e. The molecule has 1 atom stereocenters. The van der Waals surface area contributed by atoms with Crippen LogP contribution in [-0.4, -0.2) is 32.3 Å². The number of fused-ring (bicyclic) bond motifs is 3. The zero-order chi connectivity index (χ0) is 21.3. The van der Waals surface area contributed by atoms with Gasteiger partial charge in [0.05, 0.1) is 31.8 Å². The number of hydrogen-bond donors (Lipinski definition) is 2. The number of methoxy groups -OCH3 is 3. The molecular weight excluding hydrogens is 442 g/mol. The summed E-state index contributed by atoms with van der Waals surface area (Å²) in [7, 11) is 4.60. The first-order valence-electron chi connectivity index (χ1n) is 8.98. The maximum absolute atomic E-state index is 12.5. The molecule has 2 aromatic rings. The van der Waals surface area contributed by atoms with Crippen LogP contribution in [0.2, 0.25) is 0 Å². The van der Waals surface area contributed by atoms with E-state index in [9.17, 15) is 14.7 Å². The number of benzene rings is 1. The molecule has 0 radical (unpaired) electrons. The summed E-state index contributed by atoms with van der Waals surface area (Å²) in [6, 6.07) is 4.49. The molecule has 2 aromatic carbocycles. The average molecular weight is 464 g/mol. The van der Waals surface area contributed by atoms with Crippen molar-refractivity contribution in [3.05, 3.63) is 44.0 Å². The molecular formula is C21H22BrNO6. The standard InChI is InChI=1S/C21H22BrNO6/c1-10(24)23-15-6-5-11-7-17(27-2)20(28-3)21(29-4)18(11)13-8-14(22)19(26)16(25)9-12(13)15/h7-9,15H,5-6H2,1-4H3,(H,23,24)(H,25,26). The predicted molar refractivity (Wildman–Crippen MR) is 112 cm³/mol. The summed E-state index contributed by atoms with van der Waals surface area (Å²) < 4.78 is 16.9. The van der Waals surface area contributed by atoms with E-state index in [0.29, 0.717) is 41.2 Å². The van der Waals surface area contributed by atoms with Gasteiger partial charge in [0.2, 0.25) is 17.1 Å². The molecule has 1 unspecified atom stereocenters. The van der Waals surface area contributed by atoms with Crippen LogP contribution >= 0.6 is 15.9 Å². The molecule has 0 bridgehead atoms. The first kappa shape index (κ1) is 21.0. The number of rotatable bonds is 4. The fourth-order valence-electron chi connectivity index (χ4n) is 3.74. The lowest BCUT2D eigenvalue weighted by molar-refractivity contribution is -0.119. The highest BCUT2D eigenvalue weighted by atomic mass is 79.9. The van der Waals surface area contributed by atoms with E-state index in [1.165, 1.54) is 27.2 Å². The van der Waals surface area contributed by atoms with Crippen molar-refractivity contribution in [3.63, 3.8) is 0 Å². The number of carbonyl (C=O) groups is 1. The van der Waals surface area contributed by atoms with Gasteiger partial charge in [0, 0.05) is 12.5 Å². The summed E-state index contributed by atoms with van der Waals surface area (Å²) in [5.74, 6) is 0.787. The molecule has 0 heterocycles. The number of hydrogen-bond acceptors (Lipinski definition) is 6. The molecule has 1 aliphatic carbocycles. The first-order valence-corrected chi connectivity index (χ1v) is 9.77. The summed E-state index contributed by atoms with van der Waals surface area (Å²) in [5, 5.41) is 13.1. The molecule has 8 heteroatoms. The van der Waals surface area contributed by atoms with Gasteiger partial charge in [-0.1, -0.05) is 0 Å². The summed E-state index contributed by atoms with van der Waals surface area (Å²) >= 11 is 3.28. The smallest absolute Gasteiger partial charge is 0.221 e. The van der Waals surface area contributed by atoms with E-state index in [-0.39, 0.29) is 10.4 Å². The highest BCUT2D eigenvalue weighted by molar-refractivity contribution is 9.10. The van der Waals surface area contributed by atoms with Crippen LogP contribution in [0, 0.1) is 0 Å². The molecule has 29 heavy (non-hydrogen) atoms. The first-order chi connectivity index (χ1) is 13.8. The SMILES string of the molecule is COc1cc2c(c(OC)c1OC)-c1cc(Br)c(O)c(=O)cc1C(NC(C)=O)CC2. The zero-order valence-electron chi connectivity index (χ0n) is 16.6. The highest BCUT2D eigenvalue weighted by Crippen LogP contribution is 2.50. The van der Waals surface area contributed by atoms with Gasteiger partial charge in [-0.15, -0.1) is 0 Å². The molecule has 3 rings (SSSR count). The van der Waals surface area contributed by atoms with Crippen LogP contribution in [0.4, 0.5) is 0 Å². The Morgan fingerprint density at radius 2 is 1.83 bits per heavy atom. The van der Waals surface area contributed by atoms with E-state index in [2.05, 4.69) is 21.2 Å². The number of aryl methyl sites for hydroxylation is 1. The Hall–Kier alpha value is -2.74. The molecule has 1 aliphatic rings. The van der Waals surface area contributed by atoms with Gasteiger partial charge in [0.25, 0.3) is 0 Å². The monoisotopic (exact) mass is 463 g/mol. The third-order valence-electron chi connectivity index (χ3n) is 4.96. The van der Waals surface area contributed by atoms with Gasteiger partial charge in [0.1, 0.15) is 0 Å². The van der Waals surface area contributed by atoms with Crippen molar-refractivity contribution in [2.75, 3.05) is 21.3 Å². The number of carbonyl (C=O) groups excluding carboxylic acids is 1. The summed E-state index contributed by atoms with van der Waals surface area (Å²) in [6.07, 6.45) is 1.16. The summed E-state index contributed by atoms with van der Waals surface area (Å²) in [5.41, 5.74) is 2.34. The van der Waals surface area contributed by atoms with E-state index >= 15 is 0 Å². The Morgan fingerprint density at radius 1 is 1.14 bits per heavy atom. The van der Waals surface area contributed by atoms with Crippen molar-refractivity contribution in [2.45, 2.75) is 25.8 Å². The molecule has 0 aromatic heterocycles. The van der Waals surface area contributed by atoms with Crippen LogP contribution in [0.1, 0.15) is 30.5 Å². The third kappa shape index (κ3) is 3.76. The quantitative estimate of drug-likeness (QED) is 0.721. The van der Waals surface area contributed by atoms with Crippen LogP contribution in [-0.2, 0) is 11.2 Å². The van der Waals surface area contributed by atoms with Gasteiger partial charge in [-0.05, 0) is 63.7 Å². The maximum atomic E-state index is 12.5. The Balaban J connectivity index is 2.46. The molecule has 7 nitrogen and oxygen atoms in total. The van der Waals surface area contributed by atoms with Crippen LogP contribution in [0.5, 0.6) is 23.0 Å². The van der Waals surface area contributed by atoms with Crippen LogP contribution in [0.25, 0.3) is 11.1 Å². The van der Waals surface area contributed by atoms with Gasteiger partial charge in [-0.2, -0.15) is 0 Å². The number of amides is 1. The molecule has 0 spiro atoms. The van der Waals surface area contributed by atoms with Crippen molar-refractivity contribution in [2.24, 2.45) is 0 Å².